The minimum Gasteiger partial charge on any atom is -0.455 e. The summed E-state index contributed by atoms with van der Waals surface area (Å²) in [6.45, 7) is 4.16. The fourth-order valence-electron chi connectivity index (χ4n) is 4.74. The van der Waals surface area contributed by atoms with Gasteiger partial charge < -0.3 is 33.2 Å². The van der Waals surface area contributed by atoms with Gasteiger partial charge in [-0.2, -0.15) is 0 Å². The van der Waals surface area contributed by atoms with Crippen molar-refractivity contribution in [3.05, 3.63) is 71.8 Å². The Bertz CT molecular complexity index is 965. The van der Waals surface area contributed by atoms with Crippen LogP contribution in [-0.2, 0) is 51.2 Å². The third-order valence-electron chi connectivity index (χ3n) is 6.27. The minimum absolute atomic E-state index is 0.310. The van der Waals surface area contributed by atoms with Crippen molar-refractivity contribution >= 4 is 5.97 Å². The van der Waals surface area contributed by atoms with Gasteiger partial charge in [-0.05, 0) is 25.0 Å². The van der Waals surface area contributed by atoms with Gasteiger partial charge in [-0.15, -0.1) is 0 Å². The molecule has 8 nitrogen and oxygen atoms in total. The van der Waals surface area contributed by atoms with Crippen LogP contribution in [0.5, 0.6) is 0 Å². The summed E-state index contributed by atoms with van der Waals surface area (Å²) in [5, 5.41) is 0. The Hall–Kier alpha value is -2.33. The molecule has 0 aliphatic carbocycles. The molecule has 2 aromatic carbocycles. The standard InChI is InChI=1S/C26H30O8/c1-26(2)33-21-20-19(31-24(27)22(21)34-26)18(29-14-16-10-6-4-7-11-16)23(25(28-3)32-20)30-15-17-12-8-5-9-13-17/h4-13,18-23,25H,14-15H2,1-3H3/t18-,19-,20+,21+,22-,23+,25+/m0/s1. The van der Waals surface area contributed by atoms with Crippen LogP contribution in [0.3, 0.4) is 0 Å². The van der Waals surface area contributed by atoms with Crippen LogP contribution in [0.15, 0.2) is 60.7 Å². The lowest BCUT2D eigenvalue weighted by Crippen LogP contribution is -2.68. The van der Waals surface area contributed by atoms with E-state index in [1.165, 1.54) is 0 Å². The summed E-state index contributed by atoms with van der Waals surface area (Å²) in [5.74, 6) is -1.43. The smallest absolute Gasteiger partial charge is 0.338 e. The zero-order valence-electron chi connectivity index (χ0n) is 19.5. The van der Waals surface area contributed by atoms with E-state index in [4.69, 9.17) is 33.2 Å². The number of methoxy groups -OCH3 is 1. The van der Waals surface area contributed by atoms with Crippen molar-refractivity contribution in [2.75, 3.05) is 7.11 Å². The van der Waals surface area contributed by atoms with E-state index in [2.05, 4.69) is 0 Å². The highest BCUT2D eigenvalue weighted by Gasteiger charge is 2.62. The van der Waals surface area contributed by atoms with Crippen molar-refractivity contribution in [2.24, 2.45) is 0 Å². The summed E-state index contributed by atoms with van der Waals surface area (Å²) < 4.78 is 42.3. The molecule has 3 saturated heterocycles. The summed E-state index contributed by atoms with van der Waals surface area (Å²) in [6.07, 6.45) is -4.94. The molecule has 0 N–H and O–H groups in total. The zero-order valence-corrected chi connectivity index (χ0v) is 19.5. The Morgan fingerprint density at radius 1 is 0.794 bits per heavy atom. The molecule has 8 heteroatoms. The summed E-state index contributed by atoms with van der Waals surface area (Å²) in [6, 6.07) is 19.6. The first kappa shape index (κ1) is 23.4. The largest absolute Gasteiger partial charge is 0.455 e. The van der Waals surface area contributed by atoms with Crippen LogP contribution >= 0.6 is 0 Å². The number of rotatable bonds is 7. The van der Waals surface area contributed by atoms with Crippen LogP contribution in [0.25, 0.3) is 0 Å². The van der Waals surface area contributed by atoms with E-state index in [0.717, 1.165) is 11.1 Å². The number of fused-ring (bicyclic) bond motifs is 3. The average Bonchev–Trinajstić information content (AvgIpc) is 3.18. The molecule has 34 heavy (non-hydrogen) atoms. The highest BCUT2D eigenvalue weighted by Crippen LogP contribution is 2.41. The molecule has 0 radical (unpaired) electrons. The predicted octanol–water partition coefficient (Wildman–Crippen LogP) is 2.97. The van der Waals surface area contributed by atoms with E-state index < -0.39 is 54.7 Å². The molecule has 3 aliphatic rings. The second-order valence-electron chi connectivity index (χ2n) is 9.15. The van der Waals surface area contributed by atoms with E-state index in [-0.39, 0.29) is 0 Å². The van der Waals surface area contributed by atoms with E-state index in [1.807, 2.05) is 60.7 Å². The molecule has 3 heterocycles. The van der Waals surface area contributed by atoms with Gasteiger partial charge >= 0.3 is 5.97 Å². The van der Waals surface area contributed by atoms with Crippen molar-refractivity contribution in [1.82, 2.24) is 0 Å². The van der Waals surface area contributed by atoms with Crippen LogP contribution in [0.1, 0.15) is 25.0 Å². The molecule has 3 aliphatic heterocycles. The molecular formula is C26H30O8. The fourth-order valence-corrected chi connectivity index (χ4v) is 4.74. The second-order valence-corrected chi connectivity index (χ2v) is 9.15. The molecule has 0 saturated carbocycles. The van der Waals surface area contributed by atoms with E-state index >= 15 is 0 Å². The van der Waals surface area contributed by atoms with Crippen molar-refractivity contribution < 1.29 is 38.0 Å². The molecule has 0 unspecified atom stereocenters. The minimum atomic E-state index is -0.934. The lowest BCUT2D eigenvalue weighted by atomic mass is 9.90. The van der Waals surface area contributed by atoms with Gasteiger partial charge in [0.25, 0.3) is 0 Å². The molecule has 0 amide bonds. The lowest BCUT2D eigenvalue weighted by Gasteiger charge is -2.48. The number of ether oxygens (including phenoxy) is 7. The van der Waals surface area contributed by atoms with Crippen LogP contribution in [0.4, 0.5) is 0 Å². The van der Waals surface area contributed by atoms with Gasteiger partial charge in [-0.3, -0.25) is 0 Å². The molecule has 0 spiro atoms. The maximum absolute atomic E-state index is 12.9. The number of benzene rings is 2. The van der Waals surface area contributed by atoms with E-state index in [9.17, 15) is 4.79 Å². The van der Waals surface area contributed by atoms with Crippen LogP contribution in [-0.4, -0.2) is 61.8 Å². The van der Waals surface area contributed by atoms with Gasteiger partial charge in [0.2, 0.25) is 0 Å². The molecule has 182 valence electrons. The number of esters is 1. The van der Waals surface area contributed by atoms with Gasteiger partial charge in [0.05, 0.1) is 13.2 Å². The van der Waals surface area contributed by atoms with Gasteiger partial charge in [-0.25, -0.2) is 4.79 Å². The SMILES string of the molecule is CO[C@@H]1O[C@@H]2[C@@H](OC(=O)[C@H]3OC(C)(C)O[C@H]23)[C@H](OCc2ccccc2)[C@H]1OCc1ccccc1. The van der Waals surface area contributed by atoms with Gasteiger partial charge in [0.15, 0.2) is 24.3 Å². The average molecular weight is 471 g/mol. The van der Waals surface area contributed by atoms with Crippen LogP contribution in [0.2, 0.25) is 0 Å². The first-order valence-corrected chi connectivity index (χ1v) is 11.5. The first-order chi connectivity index (χ1) is 16.4. The molecule has 5 rings (SSSR count). The van der Waals surface area contributed by atoms with Crippen molar-refractivity contribution in [1.29, 1.82) is 0 Å². The molecule has 0 bridgehead atoms. The normalized spacial score (nSPS) is 34.2. The Morgan fingerprint density at radius 3 is 1.97 bits per heavy atom. The highest BCUT2D eigenvalue weighted by atomic mass is 16.8. The fraction of sp³-hybridized carbons (Fsp3) is 0.500. The number of carbonyl (C=O) groups excluding carboxylic acids is 1. The highest BCUT2D eigenvalue weighted by molar-refractivity contribution is 5.77. The number of hydrogen-bond donors (Lipinski definition) is 0. The molecule has 0 aromatic heterocycles. The van der Waals surface area contributed by atoms with Crippen LogP contribution in [0, 0.1) is 0 Å². The molecule has 3 fully saturated rings. The summed E-state index contributed by atoms with van der Waals surface area (Å²) >= 11 is 0. The zero-order chi connectivity index (χ0) is 23.7. The Morgan fingerprint density at radius 2 is 1.38 bits per heavy atom. The summed E-state index contributed by atoms with van der Waals surface area (Å²) in [7, 11) is 1.56. The summed E-state index contributed by atoms with van der Waals surface area (Å²) in [4.78, 5) is 12.9. The summed E-state index contributed by atoms with van der Waals surface area (Å²) in [5.41, 5.74) is 1.99. The van der Waals surface area contributed by atoms with Crippen molar-refractivity contribution in [3.8, 4) is 0 Å². The van der Waals surface area contributed by atoms with Gasteiger partial charge in [0.1, 0.15) is 24.4 Å². The third-order valence-corrected chi connectivity index (χ3v) is 6.27. The lowest BCUT2D eigenvalue weighted by molar-refractivity contribution is -0.333. The van der Waals surface area contributed by atoms with Crippen molar-refractivity contribution in [2.45, 2.75) is 75.8 Å². The maximum atomic E-state index is 12.9. The second kappa shape index (κ2) is 9.73. The first-order valence-electron chi connectivity index (χ1n) is 11.5. The van der Waals surface area contributed by atoms with Crippen LogP contribution < -0.4 is 0 Å². The topological polar surface area (TPSA) is 81.7 Å². The van der Waals surface area contributed by atoms with Gasteiger partial charge in [0, 0.05) is 7.11 Å². The Balaban J connectivity index is 1.42. The monoisotopic (exact) mass is 470 g/mol. The maximum Gasteiger partial charge on any atom is 0.338 e. The molecule has 2 aromatic rings. The Labute approximate surface area is 199 Å². The Kier molecular flexibility index (Phi) is 6.70. The van der Waals surface area contributed by atoms with Crippen molar-refractivity contribution in [3.63, 3.8) is 0 Å². The molecular weight excluding hydrogens is 440 g/mol. The number of carbonyl (C=O) groups is 1. The van der Waals surface area contributed by atoms with E-state index in [1.54, 1.807) is 21.0 Å². The third kappa shape index (κ3) is 4.75. The molecule has 7 atom stereocenters. The predicted molar refractivity (Wildman–Crippen MR) is 119 cm³/mol. The van der Waals surface area contributed by atoms with Gasteiger partial charge in [-0.1, -0.05) is 60.7 Å². The number of hydrogen-bond acceptors (Lipinski definition) is 8. The van der Waals surface area contributed by atoms with E-state index in [0.29, 0.717) is 13.2 Å². The quantitative estimate of drug-likeness (QED) is 0.572.